The third-order valence-corrected chi connectivity index (χ3v) is 16.9. The molecule has 10 unspecified atom stereocenters. The molecular weight excluding hydrogens is 581 g/mol. The smallest absolute Gasteiger partial charge is 0.155 e. The Labute approximate surface area is 273 Å². The topological polar surface area (TPSA) is 15.7 Å². The van der Waals surface area contributed by atoms with E-state index in [0.717, 1.165) is 5.75 Å². The van der Waals surface area contributed by atoms with Crippen molar-refractivity contribution in [2.45, 2.75) is 76.5 Å². The highest BCUT2D eigenvalue weighted by Crippen LogP contribution is 2.61. The van der Waals surface area contributed by atoms with E-state index in [1.165, 1.54) is 29.2 Å². The molecule has 8 rings (SSSR count). The molecule has 0 N–H and O–H groups in total. The number of rotatable bonds is 6. The van der Waals surface area contributed by atoms with Crippen molar-refractivity contribution in [1.29, 1.82) is 0 Å². The van der Waals surface area contributed by atoms with Crippen molar-refractivity contribution >= 4 is 27.7 Å². The monoisotopic (exact) mass is 632 g/mol. The molecule has 3 nitrogen and oxygen atoms in total. The SMILES string of the molecule is COc1ccc2c(c1)C1C3C=CC=CC3C(C)C1N2[Si](C)(C)CC1=CC2C(C)C3C(c4ccccc4N3C[Si](C)(C)C)C2C=C1. The molecule has 6 aliphatic rings. The van der Waals surface area contributed by atoms with Crippen LogP contribution in [-0.4, -0.2) is 41.7 Å². The molecule has 0 radical (unpaired) electrons. The molecule has 45 heavy (non-hydrogen) atoms. The van der Waals surface area contributed by atoms with Crippen LogP contribution in [0.4, 0.5) is 11.4 Å². The van der Waals surface area contributed by atoms with Crippen LogP contribution in [0, 0.1) is 35.5 Å². The summed E-state index contributed by atoms with van der Waals surface area (Å²) in [5.41, 5.74) is 7.71. The molecule has 2 aromatic rings. The van der Waals surface area contributed by atoms with Crippen LogP contribution in [0.2, 0.25) is 38.8 Å². The number of nitrogens with zero attached hydrogens (tertiary/aromatic N) is 2. The van der Waals surface area contributed by atoms with Gasteiger partial charge < -0.3 is 14.2 Å². The zero-order valence-electron chi connectivity index (χ0n) is 28.6. The standard InChI is InChI=1S/C40H52N2OSi2/c1-25-29-13-9-10-14-30(29)38-34-22-28(43-3)18-20-36(34)42(40(25)38)45(7,8)23-27-17-19-31-33(21-27)26(2)39-37(31)32-15-11-12-16-35(32)41(39)24-44(4,5)6/h9-22,25-26,29-31,33,37-40H,23-24H2,1-8H3. The summed E-state index contributed by atoms with van der Waals surface area (Å²) in [6.45, 7) is 18.0. The van der Waals surface area contributed by atoms with Crippen molar-refractivity contribution in [3.63, 3.8) is 0 Å². The highest BCUT2D eigenvalue weighted by Gasteiger charge is 2.58. The second-order valence-electron chi connectivity index (χ2n) is 17.0. The van der Waals surface area contributed by atoms with Gasteiger partial charge in [-0.2, -0.15) is 0 Å². The minimum Gasteiger partial charge on any atom is -0.497 e. The maximum absolute atomic E-state index is 5.77. The average molecular weight is 633 g/mol. The quantitative estimate of drug-likeness (QED) is 0.295. The van der Waals surface area contributed by atoms with Crippen molar-refractivity contribution in [3.8, 4) is 5.75 Å². The summed E-state index contributed by atoms with van der Waals surface area (Å²) < 4.78 is 8.75. The van der Waals surface area contributed by atoms with Crippen molar-refractivity contribution in [2.75, 3.05) is 22.7 Å². The number of para-hydroxylation sites is 1. The van der Waals surface area contributed by atoms with E-state index in [1.807, 2.05) is 7.11 Å². The highest BCUT2D eigenvalue weighted by atomic mass is 28.3. The fourth-order valence-corrected chi connectivity index (χ4v) is 15.9. The van der Waals surface area contributed by atoms with Gasteiger partial charge in [-0.25, -0.2) is 0 Å². The van der Waals surface area contributed by atoms with Gasteiger partial charge in [-0.05, 0) is 76.9 Å². The molecule has 0 amide bonds. The lowest BCUT2D eigenvalue weighted by Crippen LogP contribution is -2.54. The Hall–Kier alpha value is -2.77. The van der Waals surface area contributed by atoms with E-state index in [1.54, 1.807) is 11.1 Å². The van der Waals surface area contributed by atoms with Crippen LogP contribution in [0.5, 0.6) is 5.75 Å². The van der Waals surface area contributed by atoms with Crippen LogP contribution in [0.15, 0.2) is 90.6 Å². The van der Waals surface area contributed by atoms with Crippen LogP contribution >= 0.6 is 0 Å². The minimum absolute atomic E-state index is 0.537. The van der Waals surface area contributed by atoms with Crippen molar-refractivity contribution in [3.05, 3.63) is 102 Å². The van der Waals surface area contributed by atoms with Gasteiger partial charge in [0.25, 0.3) is 0 Å². The first-order chi connectivity index (χ1) is 21.5. The molecule has 4 aliphatic carbocycles. The Bertz CT molecular complexity index is 1630. The number of hydrogen-bond donors (Lipinski definition) is 0. The first-order valence-corrected chi connectivity index (χ1v) is 24.4. The third kappa shape index (κ3) is 4.46. The summed E-state index contributed by atoms with van der Waals surface area (Å²) in [6, 6.07) is 18.7. The van der Waals surface area contributed by atoms with Crippen LogP contribution in [0.1, 0.15) is 36.8 Å². The van der Waals surface area contributed by atoms with Crippen LogP contribution in [0.3, 0.4) is 0 Å². The highest BCUT2D eigenvalue weighted by molar-refractivity contribution is 6.82. The molecular formula is C40H52N2OSi2. The molecule has 5 heteroatoms. The minimum atomic E-state index is -1.91. The van der Waals surface area contributed by atoms with E-state index in [-0.39, 0.29) is 0 Å². The van der Waals surface area contributed by atoms with Gasteiger partial charge in [0.15, 0.2) is 8.24 Å². The Morgan fingerprint density at radius 1 is 0.733 bits per heavy atom. The Kier molecular flexibility index (Phi) is 6.83. The van der Waals surface area contributed by atoms with E-state index in [9.17, 15) is 0 Å². The maximum Gasteiger partial charge on any atom is 0.155 e. The summed E-state index contributed by atoms with van der Waals surface area (Å²) in [7, 11) is -1.37. The summed E-state index contributed by atoms with van der Waals surface area (Å²) in [6.07, 6.45) is 18.8. The molecule has 2 fully saturated rings. The Morgan fingerprint density at radius 2 is 1.42 bits per heavy atom. The normalized spacial score (nSPS) is 35.5. The lowest BCUT2D eigenvalue weighted by molar-refractivity contribution is 0.413. The van der Waals surface area contributed by atoms with Gasteiger partial charge in [-0.3, -0.25) is 0 Å². The van der Waals surface area contributed by atoms with E-state index >= 15 is 0 Å². The molecule has 0 bridgehead atoms. The van der Waals surface area contributed by atoms with Crippen molar-refractivity contribution in [2.24, 2.45) is 35.5 Å². The first-order valence-electron chi connectivity index (χ1n) is 17.6. The molecule has 2 heterocycles. The predicted octanol–water partition coefficient (Wildman–Crippen LogP) is 9.41. The number of fused-ring (bicyclic) bond motifs is 10. The number of ether oxygens (including phenoxy) is 1. The second-order valence-corrected chi connectivity index (χ2v) is 26.9. The summed E-state index contributed by atoms with van der Waals surface area (Å²) in [5.74, 6) is 5.83. The number of allylic oxidation sites excluding steroid dienone is 8. The fourth-order valence-electron chi connectivity index (χ4n) is 11.0. The molecule has 0 saturated heterocycles. The van der Waals surface area contributed by atoms with Gasteiger partial charge in [0.1, 0.15) is 5.75 Å². The van der Waals surface area contributed by atoms with E-state index in [0.29, 0.717) is 59.4 Å². The zero-order valence-corrected chi connectivity index (χ0v) is 30.6. The lowest BCUT2D eigenvalue weighted by atomic mass is 9.80. The summed E-state index contributed by atoms with van der Waals surface area (Å²) >= 11 is 0. The largest absolute Gasteiger partial charge is 0.497 e. The molecule has 2 saturated carbocycles. The lowest BCUT2D eigenvalue weighted by Gasteiger charge is -2.43. The van der Waals surface area contributed by atoms with Gasteiger partial charge in [-0.15, -0.1) is 0 Å². The van der Waals surface area contributed by atoms with Crippen LogP contribution in [-0.2, 0) is 0 Å². The molecule has 0 spiro atoms. The average Bonchev–Trinajstić information content (AvgIpc) is 3.69. The fraction of sp³-hybridized carbons (Fsp3) is 0.500. The van der Waals surface area contributed by atoms with Crippen molar-refractivity contribution in [1.82, 2.24) is 0 Å². The number of hydrogen-bond acceptors (Lipinski definition) is 3. The first kappa shape index (κ1) is 29.6. The number of benzene rings is 2. The van der Waals surface area contributed by atoms with Crippen molar-refractivity contribution < 1.29 is 4.74 Å². The maximum atomic E-state index is 5.77. The van der Waals surface area contributed by atoms with Gasteiger partial charge >= 0.3 is 0 Å². The number of anilines is 2. The Morgan fingerprint density at radius 3 is 2.18 bits per heavy atom. The van der Waals surface area contributed by atoms with Gasteiger partial charge in [0, 0.05) is 41.5 Å². The number of methoxy groups -OCH3 is 1. The Balaban J connectivity index is 1.11. The second kappa shape index (κ2) is 10.4. The van der Waals surface area contributed by atoms with E-state index in [2.05, 4.69) is 141 Å². The van der Waals surface area contributed by atoms with E-state index < -0.39 is 16.3 Å². The predicted molar refractivity (Wildman–Crippen MR) is 196 cm³/mol. The van der Waals surface area contributed by atoms with Gasteiger partial charge in [-0.1, -0.05) is 113 Å². The molecule has 236 valence electrons. The molecule has 2 aromatic carbocycles. The van der Waals surface area contributed by atoms with E-state index in [4.69, 9.17) is 4.74 Å². The van der Waals surface area contributed by atoms with Crippen LogP contribution < -0.4 is 14.2 Å². The molecule has 2 aliphatic heterocycles. The third-order valence-electron chi connectivity index (χ3n) is 12.5. The summed E-state index contributed by atoms with van der Waals surface area (Å²) in [5, 5.41) is 0. The zero-order chi connectivity index (χ0) is 31.4. The van der Waals surface area contributed by atoms with Gasteiger partial charge in [0.05, 0.1) is 15.2 Å². The van der Waals surface area contributed by atoms with Gasteiger partial charge in [0.2, 0.25) is 0 Å². The summed E-state index contributed by atoms with van der Waals surface area (Å²) in [4.78, 5) is 2.86. The molecule has 0 aromatic heterocycles. The molecule has 10 atom stereocenters. The van der Waals surface area contributed by atoms with Crippen LogP contribution in [0.25, 0.3) is 0 Å².